The molecule has 7 heavy (non-hydrogen) atoms. The zero-order valence-electron chi connectivity index (χ0n) is 3.08. The van der Waals surface area contributed by atoms with E-state index in [0.717, 1.165) is 0 Å². The molecule has 1 radical (unpaired) electrons. The fourth-order valence-corrected chi connectivity index (χ4v) is 0. The normalized spacial score (nSPS) is 6.29. The van der Waals surface area contributed by atoms with Gasteiger partial charge in [0.15, 0.2) is 0 Å². The van der Waals surface area contributed by atoms with Gasteiger partial charge >= 0.3 is 22.4 Å². The van der Waals surface area contributed by atoms with Crippen LogP contribution in [-0.4, -0.2) is 11.9 Å². The molecule has 0 aliphatic carbocycles. The molecule has 0 saturated heterocycles. The average molecular weight is 181 g/mol. The Morgan fingerprint density at radius 3 is 1.14 bits per heavy atom. The van der Waals surface area contributed by atoms with E-state index in [9.17, 15) is 0 Å². The quantitative estimate of drug-likeness (QED) is 0.286. The Hall–Kier alpha value is -0.320. The fraction of sp³-hybridized carbons (Fsp3) is 0. The Morgan fingerprint density at radius 1 is 1.00 bits per heavy atom. The molecule has 0 amide bonds. The van der Waals surface area contributed by atoms with Crippen LogP contribution in [0.1, 0.15) is 0 Å². The van der Waals surface area contributed by atoms with Crippen molar-refractivity contribution in [1.82, 2.24) is 0 Å². The minimum Gasteiger partial charge on any atom is -0.543 e. The third-order valence-electron chi connectivity index (χ3n) is 0.167. The van der Waals surface area contributed by atoms with E-state index in [1.807, 2.05) is 0 Å². The Bertz CT molecular complexity index is 75.7. The Morgan fingerprint density at radius 2 is 1.14 bits per heavy atom. The summed E-state index contributed by atoms with van der Waals surface area (Å²) < 4.78 is 0. The van der Waals surface area contributed by atoms with E-state index in [1.165, 1.54) is 0 Å². The summed E-state index contributed by atoms with van der Waals surface area (Å²) in [4.78, 5) is 17.9. The van der Waals surface area contributed by atoms with E-state index >= 15 is 0 Å². The predicted octanol–water partition coefficient (Wildman–Crippen LogP) is -3.52. The van der Waals surface area contributed by atoms with E-state index in [-0.39, 0.29) is 22.4 Å². The van der Waals surface area contributed by atoms with Gasteiger partial charge < -0.3 is 19.8 Å². The van der Waals surface area contributed by atoms with Crippen LogP contribution in [0.25, 0.3) is 0 Å². The number of carboxylic acids is 2. The van der Waals surface area contributed by atoms with Gasteiger partial charge in [-0.15, -0.1) is 0 Å². The number of carbonyl (C=O) groups is 2. The van der Waals surface area contributed by atoms with Crippen LogP contribution in [0.5, 0.6) is 0 Å². The zero-order valence-corrected chi connectivity index (χ0v) is 5.28. The molecule has 5 heteroatoms. The van der Waals surface area contributed by atoms with Crippen molar-refractivity contribution < 1.29 is 42.2 Å². The molecule has 0 N–H and O–H groups in total. The summed E-state index contributed by atoms with van der Waals surface area (Å²) >= 11 is 0. The van der Waals surface area contributed by atoms with Gasteiger partial charge in [0.2, 0.25) is 0 Å². The Balaban J connectivity index is 0. The maximum Gasteiger partial charge on any atom is 2.00 e. The second-order valence-electron chi connectivity index (χ2n) is 0.575. The van der Waals surface area contributed by atoms with Gasteiger partial charge in [-0.1, -0.05) is 0 Å². The van der Waals surface area contributed by atoms with Crippen LogP contribution in [0.3, 0.4) is 0 Å². The molecule has 0 aromatic heterocycles. The van der Waals surface area contributed by atoms with Crippen molar-refractivity contribution in [1.29, 1.82) is 0 Å². The van der Waals surface area contributed by atoms with Crippen LogP contribution in [-0.2, 0) is 32.0 Å². The average Bonchev–Trinajstić information content (AvgIpc) is 1.36. The van der Waals surface area contributed by atoms with Crippen molar-refractivity contribution in [2.45, 2.75) is 0 Å². The van der Waals surface area contributed by atoms with Crippen LogP contribution >= 0.6 is 0 Å². The molecule has 0 spiro atoms. The van der Waals surface area contributed by atoms with Gasteiger partial charge in [-0.3, -0.25) is 0 Å². The molecule has 0 aliphatic rings. The van der Waals surface area contributed by atoms with Crippen molar-refractivity contribution in [2.24, 2.45) is 0 Å². The Labute approximate surface area is 54.6 Å². The summed E-state index contributed by atoms with van der Waals surface area (Å²) in [5, 5.41) is 17.9. The SMILES string of the molecule is O=C([O-])C(=O)[O-].[Nb+2]. The van der Waals surface area contributed by atoms with E-state index in [4.69, 9.17) is 19.8 Å². The number of carbonyl (C=O) groups excluding carboxylic acids is 2. The maximum atomic E-state index is 8.93. The number of hydrogen-bond donors (Lipinski definition) is 0. The first-order valence-corrected chi connectivity index (χ1v) is 1.07. The summed E-state index contributed by atoms with van der Waals surface area (Å²) in [7, 11) is 0. The minimum absolute atomic E-state index is 0. The van der Waals surface area contributed by atoms with Crippen molar-refractivity contribution in [3.63, 3.8) is 0 Å². The van der Waals surface area contributed by atoms with Crippen LogP contribution < -0.4 is 10.2 Å². The van der Waals surface area contributed by atoms with E-state index in [0.29, 0.717) is 0 Å². The van der Waals surface area contributed by atoms with Gasteiger partial charge in [-0.05, 0) is 0 Å². The third-order valence-corrected chi connectivity index (χ3v) is 0.167. The van der Waals surface area contributed by atoms with E-state index in [2.05, 4.69) is 0 Å². The van der Waals surface area contributed by atoms with E-state index in [1.54, 1.807) is 0 Å². The molecule has 37 valence electrons. The molecule has 4 nitrogen and oxygen atoms in total. The number of hydrogen-bond acceptors (Lipinski definition) is 4. The van der Waals surface area contributed by atoms with Crippen LogP contribution in [0.4, 0.5) is 0 Å². The topological polar surface area (TPSA) is 80.3 Å². The largest absolute Gasteiger partial charge is 2.00 e. The molecule has 0 aliphatic heterocycles. The third kappa shape index (κ3) is 5.68. The molecule has 0 unspecified atom stereocenters. The fourth-order valence-electron chi connectivity index (χ4n) is 0. The minimum atomic E-state index is -2.19. The molecule has 0 aromatic carbocycles. The second kappa shape index (κ2) is 3.86. The first-order valence-electron chi connectivity index (χ1n) is 1.07. The molecular weight excluding hydrogens is 181 g/mol. The number of aliphatic carboxylic acids is 2. The molecule has 0 heterocycles. The second-order valence-corrected chi connectivity index (χ2v) is 0.575. The van der Waals surface area contributed by atoms with Crippen molar-refractivity contribution in [3.05, 3.63) is 0 Å². The zero-order chi connectivity index (χ0) is 5.15. The number of rotatable bonds is 0. The summed E-state index contributed by atoms with van der Waals surface area (Å²) in [5.41, 5.74) is 0. The first-order chi connectivity index (χ1) is 2.64. The maximum absolute atomic E-state index is 8.93. The summed E-state index contributed by atoms with van der Waals surface area (Å²) in [6, 6.07) is 0. The Kier molecular flexibility index (Phi) is 5.42. The molecule has 0 fully saturated rings. The summed E-state index contributed by atoms with van der Waals surface area (Å²) in [6.45, 7) is 0. The molecule has 0 rings (SSSR count). The first kappa shape index (κ1) is 9.84. The van der Waals surface area contributed by atoms with Crippen molar-refractivity contribution in [3.8, 4) is 0 Å². The van der Waals surface area contributed by atoms with Crippen molar-refractivity contribution >= 4 is 11.9 Å². The van der Waals surface area contributed by atoms with Gasteiger partial charge in [0.05, 0.1) is 11.9 Å². The number of carboxylic acid groups (broad SMARTS) is 2. The van der Waals surface area contributed by atoms with Gasteiger partial charge in [-0.2, -0.15) is 0 Å². The van der Waals surface area contributed by atoms with Crippen LogP contribution in [0.2, 0.25) is 0 Å². The standard InChI is InChI=1S/C2H2O4.Nb/c3-1(4)2(5)6;/h(H,3,4)(H,5,6);/q;+2/p-2. The molecule has 0 atom stereocenters. The summed E-state index contributed by atoms with van der Waals surface area (Å²) in [5.74, 6) is -4.37. The van der Waals surface area contributed by atoms with Crippen LogP contribution in [0, 0.1) is 0 Å². The van der Waals surface area contributed by atoms with Crippen molar-refractivity contribution in [2.75, 3.05) is 0 Å². The molecule has 0 saturated carbocycles. The predicted molar refractivity (Wildman–Crippen MR) is 10.0 cm³/mol. The van der Waals surface area contributed by atoms with Crippen LogP contribution in [0.15, 0.2) is 0 Å². The van der Waals surface area contributed by atoms with Gasteiger partial charge in [0.1, 0.15) is 0 Å². The van der Waals surface area contributed by atoms with Gasteiger partial charge in [0.25, 0.3) is 0 Å². The van der Waals surface area contributed by atoms with Gasteiger partial charge in [0, 0.05) is 0 Å². The monoisotopic (exact) mass is 181 g/mol. The molecule has 0 aromatic rings. The molecule has 0 bridgehead atoms. The van der Waals surface area contributed by atoms with E-state index < -0.39 is 11.9 Å². The van der Waals surface area contributed by atoms with Gasteiger partial charge in [-0.25, -0.2) is 0 Å². The summed E-state index contributed by atoms with van der Waals surface area (Å²) in [6.07, 6.45) is 0. The smallest absolute Gasteiger partial charge is 0.543 e. The molecular formula is C2NbO4.